The number of nitrogens with one attached hydrogen (secondary N) is 3. The average molecular weight is 595 g/mol. The number of carbonyl (C=O) groups excluding carboxylic acids is 3. The number of aliphatic hydroxyl groups is 2. The minimum Gasteiger partial charge on any atom is -0.390 e. The van der Waals surface area contributed by atoms with Crippen molar-refractivity contribution in [2.45, 2.75) is 94.9 Å². The molecule has 9 heteroatoms. The number of nitrogens with zero attached hydrogens (tertiary/aromatic N) is 1. The highest BCUT2D eigenvalue weighted by Crippen LogP contribution is 2.29. The summed E-state index contributed by atoms with van der Waals surface area (Å²) in [5, 5.41) is 30.3. The first-order chi connectivity index (χ1) is 20.7. The maximum absolute atomic E-state index is 13.6. The van der Waals surface area contributed by atoms with E-state index in [1.54, 1.807) is 19.0 Å². The standard InChI is InChI=1S/C34H50N4O5/c1-5-7-19-30(39)32(41)29(23-26-17-12-9-13-18-26)37-34(43)28(14-6-2)36-33(42)27(22-25-15-10-8-11-16-25)24-31(40)38(4)21-20-35-3/h1-2,8,10-11,15-16,26-30,32,35,39,41H,7,9,12-14,17-24H2,3-4H3,(H,36,42)(H,37,43)/t27-,28+,29+,30+,32-/m1/s1. The number of benzene rings is 1. The quantitative estimate of drug-likeness (QED) is 0.165. The minimum atomic E-state index is -1.22. The maximum Gasteiger partial charge on any atom is 0.243 e. The molecule has 43 heavy (non-hydrogen) atoms. The van der Waals surface area contributed by atoms with Crippen molar-refractivity contribution in [2.24, 2.45) is 11.8 Å². The van der Waals surface area contributed by atoms with Crippen LogP contribution in [0.25, 0.3) is 0 Å². The van der Waals surface area contributed by atoms with Gasteiger partial charge in [-0.15, -0.1) is 24.7 Å². The van der Waals surface area contributed by atoms with Gasteiger partial charge in [0.15, 0.2) is 0 Å². The zero-order chi connectivity index (χ0) is 31.6. The van der Waals surface area contributed by atoms with Gasteiger partial charge in [0.2, 0.25) is 17.7 Å². The van der Waals surface area contributed by atoms with Crippen molar-refractivity contribution in [3.63, 3.8) is 0 Å². The molecule has 0 saturated heterocycles. The van der Waals surface area contributed by atoms with Crippen molar-refractivity contribution in [3.05, 3.63) is 35.9 Å². The number of aliphatic hydroxyl groups excluding tert-OH is 2. The fraction of sp³-hybridized carbons (Fsp3) is 0.618. The summed E-state index contributed by atoms with van der Waals surface area (Å²) in [6.45, 7) is 1.11. The molecule has 1 saturated carbocycles. The van der Waals surface area contributed by atoms with Gasteiger partial charge in [-0.3, -0.25) is 14.4 Å². The molecule has 1 fully saturated rings. The summed E-state index contributed by atoms with van der Waals surface area (Å²) in [4.78, 5) is 41.8. The van der Waals surface area contributed by atoms with Crippen molar-refractivity contribution in [2.75, 3.05) is 27.2 Å². The first kappa shape index (κ1) is 35.8. The highest BCUT2D eigenvalue weighted by molar-refractivity contribution is 5.91. The molecule has 0 radical (unpaired) electrons. The molecule has 0 spiro atoms. The summed E-state index contributed by atoms with van der Waals surface area (Å²) in [5.74, 6) is 3.35. The molecular formula is C34H50N4O5. The molecule has 0 bridgehead atoms. The van der Waals surface area contributed by atoms with E-state index in [-0.39, 0.29) is 25.2 Å². The Morgan fingerprint density at radius 3 is 2.35 bits per heavy atom. The Morgan fingerprint density at radius 2 is 1.72 bits per heavy atom. The Hall–Kier alpha value is -3.37. The summed E-state index contributed by atoms with van der Waals surface area (Å²) in [5.41, 5.74) is 0.892. The molecule has 5 atom stereocenters. The van der Waals surface area contributed by atoms with Gasteiger partial charge in [0.25, 0.3) is 0 Å². The number of hydrogen-bond donors (Lipinski definition) is 5. The molecule has 0 heterocycles. The van der Waals surface area contributed by atoms with Gasteiger partial charge in [-0.1, -0.05) is 62.4 Å². The predicted molar refractivity (Wildman–Crippen MR) is 168 cm³/mol. The number of rotatable bonds is 18. The van der Waals surface area contributed by atoms with Gasteiger partial charge in [0.1, 0.15) is 12.1 Å². The summed E-state index contributed by atoms with van der Waals surface area (Å²) in [7, 11) is 3.50. The van der Waals surface area contributed by atoms with Crippen LogP contribution in [0.5, 0.6) is 0 Å². The molecule has 9 nitrogen and oxygen atoms in total. The lowest BCUT2D eigenvalue weighted by Gasteiger charge is -2.33. The van der Waals surface area contributed by atoms with Crippen molar-refractivity contribution in [1.82, 2.24) is 20.9 Å². The number of carbonyl (C=O) groups is 3. The van der Waals surface area contributed by atoms with E-state index in [0.29, 0.717) is 38.3 Å². The van der Waals surface area contributed by atoms with Crippen LogP contribution in [0.1, 0.15) is 69.8 Å². The van der Waals surface area contributed by atoms with E-state index < -0.39 is 42.0 Å². The molecule has 1 aliphatic rings. The van der Waals surface area contributed by atoms with Crippen LogP contribution < -0.4 is 16.0 Å². The van der Waals surface area contributed by atoms with Crippen LogP contribution in [0.4, 0.5) is 0 Å². The van der Waals surface area contributed by atoms with E-state index in [1.807, 2.05) is 30.3 Å². The summed E-state index contributed by atoms with van der Waals surface area (Å²) in [6.07, 6.45) is 15.1. The maximum atomic E-state index is 13.6. The predicted octanol–water partition coefficient (Wildman–Crippen LogP) is 2.01. The summed E-state index contributed by atoms with van der Waals surface area (Å²) < 4.78 is 0. The lowest BCUT2D eigenvalue weighted by Crippen LogP contribution is -2.55. The highest BCUT2D eigenvalue weighted by atomic mass is 16.3. The zero-order valence-corrected chi connectivity index (χ0v) is 25.8. The monoisotopic (exact) mass is 594 g/mol. The third-order valence-corrected chi connectivity index (χ3v) is 8.23. The van der Waals surface area contributed by atoms with Crippen molar-refractivity contribution >= 4 is 17.7 Å². The Bertz CT molecular complexity index is 1080. The van der Waals surface area contributed by atoms with Gasteiger partial charge in [-0.2, -0.15) is 0 Å². The van der Waals surface area contributed by atoms with Crippen LogP contribution >= 0.6 is 0 Å². The zero-order valence-electron chi connectivity index (χ0n) is 25.8. The highest BCUT2D eigenvalue weighted by Gasteiger charge is 2.33. The number of amides is 3. The van der Waals surface area contributed by atoms with Gasteiger partial charge in [0.05, 0.1) is 18.1 Å². The van der Waals surface area contributed by atoms with E-state index in [0.717, 1.165) is 37.7 Å². The van der Waals surface area contributed by atoms with Gasteiger partial charge < -0.3 is 31.1 Å². The lowest BCUT2D eigenvalue weighted by molar-refractivity contribution is -0.136. The first-order valence-electron chi connectivity index (χ1n) is 15.5. The van der Waals surface area contributed by atoms with Crippen LogP contribution in [0.2, 0.25) is 0 Å². The van der Waals surface area contributed by atoms with Gasteiger partial charge in [0, 0.05) is 39.4 Å². The molecule has 1 aromatic rings. The SMILES string of the molecule is C#CCC[C@H](O)[C@H](O)[C@H](CC1CCCCC1)NC(=O)[C@H](CC#C)NC(=O)[C@@H](CC(=O)N(C)CCNC)Cc1ccccc1. The van der Waals surface area contributed by atoms with Gasteiger partial charge in [-0.05, 0) is 37.8 Å². The van der Waals surface area contributed by atoms with Gasteiger partial charge in [-0.25, -0.2) is 0 Å². The number of terminal acetylenes is 2. The van der Waals surface area contributed by atoms with Crippen LogP contribution in [-0.2, 0) is 20.8 Å². The van der Waals surface area contributed by atoms with Crippen molar-refractivity contribution < 1.29 is 24.6 Å². The second kappa shape index (κ2) is 19.7. The molecule has 3 amide bonds. The fourth-order valence-electron chi connectivity index (χ4n) is 5.56. The lowest BCUT2D eigenvalue weighted by atomic mass is 9.82. The molecule has 0 unspecified atom stereocenters. The largest absolute Gasteiger partial charge is 0.390 e. The van der Waals surface area contributed by atoms with E-state index in [2.05, 4.69) is 27.8 Å². The third kappa shape index (κ3) is 12.8. The molecule has 1 aliphatic carbocycles. The third-order valence-electron chi connectivity index (χ3n) is 8.23. The fourth-order valence-corrected chi connectivity index (χ4v) is 5.56. The van der Waals surface area contributed by atoms with Crippen molar-refractivity contribution in [1.29, 1.82) is 0 Å². The topological polar surface area (TPSA) is 131 Å². The Kier molecular flexibility index (Phi) is 16.5. The molecule has 0 aliphatic heterocycles. The molecule has 0 aromatic heterocycles. The average Bonchev–Trinajstić information content (AvgIpc) is 3.01. The minimum absolute atomic E-state index is 0.0320. The smallest absolute Gasteiger partial charge is 0.243 e. The van der Waals surface area contributed by atoms with E-state index in [1.165, 1.54) is 0 Å². The van der Waals surface area contributed by atoms with E-state index >= 15 is 0 Å². The van der Waals surface area contributed by atoms with Crippen LogP contribution in [0.3, 0.4) is 0 Å². The molecular weight excluding hydrogens is 544 g/mol. The Balaban J connectivity index is 2.21. The first-order valence-corrected chi connectivity index (χ1v) is 15.5. The van der Waals surface area contributed by atoms with Crippen molar-refractivity contribution in [3.8, 4) is 24.7 Å². The second-order valence-corrected chi connectivity index (χ2v) is 11.6. The number of hydrogen-bond acceptors (Lipinski definition) is 6. The Labute approximate surface area is 257 Å². The molecule has 1 aromatic carbocycles. The van der Waals surface area contributed by atoms with E-state index in [4.69, 9.17) is 12.8 Å². The molecule has 5 N–H and O–H groups in total. The summed E-state index contributed by atoms with van der Waals surface area (Å²) in [6, 6.07) is 7.60. The number of likely N-dealkylation sites (N-methyl/N-ethyl adjacent to an activating group) is 2. The van der Waals surface area contributed by atoms with E-state index in [9.17, 15) is 24.6 Å². The van der Waals surface area contributed by atoms with Gasteiger partial charge >= 0.3 is 0 Å². The van der Waals surface area contributed by atoms with Crippen LogP contribution in [0.15, 0.2) is 30.3 Å². The van der Waals surface area contributed by atoms with Crippen LogP contribution in [-0.4, -0.2) is 84.3 Å². The summed E-state index contributed by atoms with van der Waals surface area (Å²) >= 11 is 0. The normalized spacial score (nSPS) is 16.9. The molecule has 236 valence electrons. The Morgan fingerprint density at radius 1 is 1.02 bits per heavy atom. The molecule has 2 rings (SSSR count). The van der Waals surface area contributed by atoms with Crippen LogP contribution in [0, 0.1) is 36.5 Å². The second-order valence-electron chi connectivity index (χ2n) is 11.6.